The lowest BCUT2D eigenvalue weighted by Crippen LogP contribution is -2.56. The third kappa shape index (κ3) is 8.56. The van der Waals surface area contributed by atoms with Gasteiger partial charge in [0.25, 0.3) is 5.91 Å². The number of carbonyl (C=O) groups is 1. The molecule has 222 valence electrons. The van der Waals surface area contributed by atoms with Crippen LogP contribution in [0.15, 0.2) is 42.5 Å². The van der Waals surface area contributed by atoms with Gasteiger partial charge in [0, 0.05) is 55.8 Å². The third-order valence-corrected chi connectivity index (χ3v) is 8.07. The SMILES string of the molecule is COc1ccc(C[C@@H]2CN(CC#CCN3CCSCC3)CCN2C(=O)c2cc(C(F)(F)F)cc(C(F)(F)F)c2)cc1. The molecule has 12 heteroatoms. The van der Waals surface area contributed by atoms with Crippen LogP contribution >= 0.6 is 11.8 Å². The van der Waals surface area contributed by atoms with Crippen molar-refractivity contribution < 1.29 is 35.9 Å². The molecule has 5 nitrogen and oxygen atoms in total. The maximum Gasteiger partial charge on any atom is 0.416 e. The Morgan fingerprint density at radius 2 is 1.46 bits per heavy atom. The average Bonchev–Trinajstić information content (AvgIpc) is 2.95. The topological polar surface area (TPSA) is 36.0 Å². The first-order chi connectivity index (χ1) is 19.4. The molecule has 2 aromatic carbocycles. The Labute approximate surface area is 239 Å². The summed E-state index contributed by atoms with van der Waals surface area (Å²) in [6.07, 6.45) is -9.72. The van der Waals surface area contributed by atoms with Gasteiger partial charge in [-0.2, -0.15) is 38.1 Å². The van der Waals surface area contributed by atoms with Crippen LogP contribution in [0, 0.1) is 11.8 Å². The highest BCUT2D eigenvalue weighted by atomic mass is 32.2. The summed E-state index contributed by atoms with van der Waals surface area (Å²) >= 11 is 1.92. The summed E-state index contributed by atoms with van der Waals surface area (Å²) in [7, 11) is 1.53. The van der Waals surface area contributed by atoms with E-state index in [1.807, 2.05) is 23.9 Å². The van der Waals surface area contributed by atoms with Crippen molar-refractivity contribution in [3.63, 3.8) is 0 Å². The molecular formula is C29H31F6N3O2S. The molecular weight excluding hydrogens is 568 g/mol. The Balaban J connectivity index is 1.55. The Morgan fingerprint density at radius 1 is 0.878 bits per heavy atom. The fourth-order valence-electron chi connectivity index (χ4n) is 4.88. The maximum atomic E-state index is 13.5. The Morgan fingerprint density at radius 3 is 2.02 bits per heavy atom. The number of thioether (sulfide) groups is 1. The van der Waals surface area contributed by atoms with E-state index in [1.165, 1.54) is 12.0 Å². The molecule has 0 aromatic heterocycles. The van der Waals surface area contributed by atoms with Gasteiger partial charge in [0.1, 0.15) is 5.75 Å². The zero-order valence-electron chi connectivity index (χ0n) is 22.5. The number of hydrogen-bond acceptors (Lipinski definition) is 5. The van der Waals surface area contributed by atoms with Gasteiger partial charge < -0.3 is 9.64 Å². The van der Waals surface area contributed by atoms with Gasteiger partial charge in [0.2, 0.25) is 0 Å². The number of rotatable bonds is 6. The van der Waals surface area contributed by atoms with E-state index in [2.05, 4.69) is 21.6 Å². The van der Waals surface area contributed by atoms with E-state index in [9.17, 15) is 31.1 Å². The third-order valence-electron chi connectivity index (χ3n) is 7.13. The molecule has 2 heterocycles. The predicted octanol–water partition coefficient (Wildman–Crippen LogP) is 5.15. The highest BCUT2D eigenvalue weighted by molar-refractivity contribution is 7.99. The predicted molar refractivity (Wildman–Crippen MR) is 146 cm³/mol. The Bertz CT molecular complexity index is 1220. The molecule has 1 atom stereocenters. The molecule has 0 bridgehead atoms. The minimum atomic E-state index is -5.04. The smallest absolute Gasteiger partial charge is 0.416 e. The van der Waals surface area contributed by atoms with Crippen molar-refractivity contribution in [2.45, 2.75) is 24.8 Å². The van der Waals surface area contributed by atoms with Crippen LogP contribution in [0.3, 0.4) is 0 Å². The number of methoxy groups -OCH3 is 1. The van der Waals surface area contributed by atoms with Gasteiger partial charge >= 0.3 is 12.4 Å². The summed E-state index contributed by atoms with van der Waals surface area (Å²) < 4.78 is 85.9. The maximum absolute atomic E-state index is 13.5. The van der Waals surface area contributed by atoms with E-state index < -0.39 is 41.0 Å². The quantitative estimate of drug-likeness (QED) is 0.339. The number of nitrogens with zero attached hydrogens (tertiary/aromatic N) is 3. The number of halogens is 6. The fraction of sp³-hybridized carbons (Fsp3) is 0.483. The van der Waals surface area contributed by atoms with Gasteiger partial charge in [-0.1, -0.05) is 24.0 Å². The first-order valence-corrected chi connectivity index (χ1v) is 14.3. The molecule has 0 spiro atoms. The lowest BCUT2D eigenvalue weighted by molar-refractivity contribution is -0.143. The van der Waals surface area contributed by atoms with Crippen LogP contribution in [-0.2, 0) is 18.8 Å². The molecule has 0 saturated carbocycles. The van der Waals surface area contributed by atoms with Crippen LogP contribution in [0.25, 0.3) is 0 Å². The minimum absolute atomic E-state index is 0.0327. The van der Waals surface area contributed by atoms with Gasteiger partial charge in [0.15, 0.2) is 0 Å². The number of hydrogen-bond donors (Lipinski definition) is 0. The molecule has 2 aliphatic heterocycles. The van der Waals surface area contributed by atoms with Crippen molar-refractivity contribution in [2.24, 2.45) is 0 Å². The summed E-state index contributed by atoms with van der Waals surface area (Å²) in [5.74, 6) is 8.32. The van der Waals surface area contributed by atoms with Gasteiger partial charge in [-0.3, -0.25) is 14.6 Å². The van der Waals surface area contributed by atoms with E-state index in [4.69, 9.17) is 4.74 Å². The number of ether oxygens (including phenoxy) is 1. The molecule has 4 rings (SSSR count). The van der Waals surface area contributed by atoms with Crippen molar-refractivity contribution >= 4 is 17.7 Å². The Hall–Kier alpha value is -2.88. The number of amides is 1. The summed E-state index contributed by atoms with van der Waals surface area (Å²) in [6, 6.07) is 7.70. The molecule has 0 radical (unpaired) electrons. The first-order valence-electron chi connectivity index (χ1n) is 13.2. The van der Waals surface area contributed by atoms with Gasteiger partial charge in [-0.25, -0.2) is 0 Å². The van der Waals surface area contributed by atoms with Crippen LogP contribution in [0.2, 0.25) is 0 Å². The monoisotopic (exact) mass is 599 g/mol. The zero-order chi connectivity index (χ0) is 29.6. The second-order valence-electron chi connectivity index (χ2n) is 9.98. The second kappa shape index (κ2) is 13.4. The standard InChI is InChI=1S/C29H31F6N3O2S/c1-40-26-6-4-21(5-7-26)16-25-20-37(9-3-2-8-36-12-14-41-15-13-36)10-11-38(25)27(39)22-17-23(28(30,31)32)19-24(18-22)29(33,34)35/h4-7,17-19,25H,8-16,20H2,1H3/t25-/m1/s1. The summed E-state index contributed by atoms with van der Waals surface area (Å²) in [4.78, 5) is 19.3. The normalized spacial score (nSPS) is 19.0. The first kappa shape index (κ1) is 31.1. The van der Waals surface area contributed by atoms with Crippen LogP contribution in [0.5, 0.6) is 5.75 Å². The number of carbonyl (C=O) groups excluding carboxylic acids is 1. The van der Waals surface area contributed by atoms with Crippen molar-refractivity contribution in [3.8, 4) is 17.6 Å². The van der Waals surface area contributed by atoms with Gasteiger partial charge in [0.05, 0.1) is 31.3 Å². The largest absolute Gasteiger partial charge is 0.497 e. The fourth-order valence-corrected chi connectivity index (χ4v) is 5.86. The van der Waals surface area contributed by atoms with Crippen molar-refractivity contribution in [2.75, 3.05) is 64.4 Å². The van der Waals surface area contributed by atoms with Crippen molar-refractivity contribution in [1.82, 2.24) is 14.7 Å². The van der Waals surface area contributed by atoms with Crippen molar-refractivity contribution in [3.05, 3.63) is 64.7 Å². The van der Waals surface area contributed by atoms with E-state index in [1.54, 1.807) is 12.1 Å². The van der Waals surface area contributed by atoms with Crippen LogP contribution in [0.1, 0.15) is 27.0 Å². The van der Waals surface area contributed by atoms with Crippen LogP contribution < -0.4 is 4.74 Å². The molecule has 41 heavy (non-hydrogen) atoms. The molecule has 2 fully saturated rings. The molecule has 2 saturated heterocycles. The van der Waals surface area contributed by atoms with E-state index in [0.29, 0.717) is 50.5 Å². The van der Waals surface area contributed by atoms with Gasteiger partial charge in [-0.15, -0.1) is 0 Å². The average molecular weight is 600 g/mol. The molecule has 1 amide bonds. The highest BCUT2D eigenvalue weighted by Gasteiger charge is 2.39. The van der Waals surface area contributed by atoms with Crippen LogP contribution in [-0.4, -0.2) is 91.1 Å². The van der Waals surface area contributed by atoms with E-state index >= 15 is 0 Å². The van der Waals surface area contributed by atoms with Crippen LogP contribution in [0.4, 0.5) is 26.3 Å². The summed E-state index contributed by atoms with van der Waals surface area (Å²) in [5.41, 5.74) is -2.81. The highest BCUT2D eigenvalue weighted by Crippen LogP contribution is 2.37. The minimum Gasteiger partial charge on any atom is -0.497 e. The molecule has 0 aliphatic carbocycles. The molecule has 0 unspecified atom stereocenters. The number of alkyl halides is 6. The number of benzene rings is 2. The Kier molecular flexibility index (Phi) is 10.2. The molecule has 0 N–H and O–H groups in total. The number of piperazine rings is 1. The van der Waals surface area contributed by atoms with Gasteiger partial charge in [-0.05, 0) is 42.3 Å². The van der Waals surface area contributed by atoms with E-state index in [0.717, 1.165) is 30.2 Å². The second-order valence-corrected chi connectivity index (χ2v) is 11.2. The summed E-state index contributed by atoms with van der Waals surface area (Å²) in [6.45, 7) is 4.02. The van der Waals surface area contributed by atoms with E-state index in [-0.39, 0.29) is 12.6 Å². The lowest BCUT2D eigenvalue weighted by atomic mass is 9.99. The zero-order valence-corrected chi connectivity index (χ0v) is 23.3. The summed E-state index contributed by atoms with van der Waals surface area (Å²) in [5, 5.41) is 0. The molecule has 2 aliphatic rings. The van der Waals surface area contributed by atoms with Crippen molar-refractivity contribution in [1.29, 1.82) is 0 Å². The molecule has 2 aromatic rings. The lowest BCUT2D eigenvalue weighted by Gasteiger charge is -2.41.